The lowest BCUT2D eigenvalue weighted by atomic mass is 10.0. The van der Waals surface area contributed by atoms with Crippen molar-refractivity contribution in [3.05, 3.63) is 64.5 Å². The summed E-state index contributed by atoms with van der Waals surface area (Å²) in [4.78, 5) is 40.6. The lowest BCUT2D eigenvalue weighted by Gasteiger charge is -2.26. The van der Waals surface area contributed by atoms with Crippen molar-refractivity contribution >= 4 is 35.3 Å². The molecule has 0 spiro atoms. The average molecular weight is 407 g/mol. The molecule has 6 nitrogen and oxygen atoms in total. The Balaban J connectivity index is 1.70. The molecule has 2 aliphatic heterocycles. The molecule has 0 saturated carbocycles. The molecule has 30 heavy (non-hydrogen) atoms. The number of urea groups is 1. The maximum atomic E-state index is 14.8. The van der Waals surface area contributed by atoms with E-state index in [2.05, 4.69) is 5.32 Å². The predicted octanol–water partition coefficient (Wildman–Crippen LogP) is 3.71. The molecular formula is C23H22FN3O3. The summed E-state index contributed by atoms with van der Waals surface area (Å²) in [5, 5.41) is 2.19. The first-order chi connectivity index (χ1) is 14.3. The van der Waals surface area contributed by atoms with Gasteiger partial charge in [-0.15, -0.1) is 0 Å². The number of carbonyl (C=O) groups is 3. The van der Waals surface area contributed by atoms with Gasteiger partial charge in [-0.2, -0.15) is 0 Å². The molecule has 2 aliphatic rings. The van der Waals surface area contributed by atoms with E-state index >= 15 is 0 Å². The molecule has 7 heteroatoms. The summed E-state index contributed by atoms with van der Waals surface area (Å²) in [5.74, 6) is -1.93. The molecule has 0 atom stereocenters. The molecule has 0 aliphatic carbocycles. The number of benzene rings is 2. The Morgan fingerprint density at radius 3 is 2.33 bits per heavy atom. The number of nitrogens with zero attached hydrogens (tertiary/aromatic N) is 2. The van der Waals surface area contributed by atoms with Gasteiger partial charge in [-0.05, 0) is 68.2 Å². The van der Waals surface area contributed by atoms with E-state index in [0.717, 1.165) is 42.0 Å². The summed E-state index contributed by atoms with van der Waals surface area (Å²) in [7, 11) is 0. The van der Waals surface area contributed by atoms with E-state index in [-0.39, 0.29) is 5.57 Å². The van der Waals surface area contributed by atoms with Gasteiger partial charge in [0.25, 0.3) is 11.8 Å². The fourth-order valence-electron chi connectivity index (χ4n) is 3.78. The van der Waals surface area contributed by atoms with Crippen LogP contribution in [0.3, 0.4) is 0 Å². The number of amides is 4. The van der Waals surface area contributed by atoms with Crippen molar-refractivity contribution in [2.45, 2.75) is 26.7 Å². The first-order valence-electron chi connectivity index (χ1n) is 9.88. The number of imide groups is 2. The molecule has 4 rings (SSSR count). The van der Waals surface area contributed by atoms with Gasteiger partial charge in [0.15, 0.2) is 0 Å². The summed E-state index contributed by atoms with van der Waals surface area (Å²) in [6.07, 6.45) is 3.40. The van der Waals surface area contributed by atoms with Gasteiger partial charge in [-0.1, -0.05) is 17.7 Å². The number of halogens is 1. The number of aryl methyl sites for hydroxylation is 2. The average Bonchev–Trinajstić information content (AvgIpc) is 3.23. The second-order valence-corrected chi connectivity index (χ2v) is 7.65. The molecule has 0 bridgehead atoms. The van der Waals surface area contributed by atoms with Crippen molar-refractivity contribution in [1.29, 1.82) is 0 Å². The molecule has 4 amide bonds. The van der Waals surface area contributed by atoms with E-state index in [1.54, 1.807) is 37.3 Å². The molecule has 154 valence electrons. The summed E-state index contributed by atoms with van der Waals surface area (Å²) in [6, 6.07) is 9.08. The zero-order chi connectivity index (χ0) is 21.4. The summed E-state index contributed by atoms with van der Waals surface area (Å²) >= 11 is 0. The van der Waals surface area contributed by atoms with Gasteiger partial charge in [-0.3, -0.25) is 14.9 Å². The Bertz CT molecular complexity index is 1070. The van der Waals surface area contributed by atoms with E-state index in [0.29, 0.717) is 16.9 Å². The molecule has 2 aromatic carbocycles. The van der Waals surface area contributed by atoms with Crippen LogP contribution < -0.4 is 15.1 Å². The van der Waals surface area contributed by atoms with Crippen molar-refractivity contribution < 1.29 is 18.8 Å². The van der Waals surface area contributed by atoms with Crippen molar-refractivity contribution in [2.75, 3.05) is 22.9 Å². The number of barbiturate groups is 1. The number of rotatable bonds is 3. The SMILES string of the molecule is Cc1ccc(N2C(=O)NC(=O)C(=Cc3cc(F)c(N4CCCC4)cc3C)C2=O)cc1. The van der Waals surface area contributed by atoms with E-state index < -0.39 is 23.7 Å². The minimum absolute atomic E-state index is 0.216. The van der Waals surface area contributed by atoms with Gasteiger partial charge in [0, 0.05) is 13.1 Å². The third-order valence-electron chi connectivity index (χ3n) is 5.48. The highest BCUT2D eigenvalue weighted by atomic mass is 19.1. The number of nitrogens with one attached hydrogen (secondary N) is 1. The predicted molar refractivity (Wildman–Crippen MR) is 113 cm³/mol. The molecule has 2 fully saturated rings. The third kappa shape index (κ3) is 3.58. The van der Waals surface area contributed by atoms with Crippen LogP contribution in [0.25, 0.3) is 6.08 Å². The van der Waals surface area contributed by atoms with Crippen LogP contribution >= 0.6 is 0 Å². The normalized spacial score (nSPS) is 18.4. The zero-order valence-electron chi connectivity index (χ0n) is 16.9. The Hall–Kier alpha value is -3.48. The fraction of sp³-hybridized carbons (Fsp3) is 0.261. The fourth-order valence-corrected chi connectivity index (χ4v) is 3.78. The minimum Gasteiger partial charge on any atom is -0.369 e. The molecule has 0 aromatic heterocycles. The van der Waals surface area contributed by atoms with Gasteiger partial charge in [0.1, 0.15) is 11.4 Å². The second kappa shape index (κ2) is 7.74. The van der Waals surface area contributed by atoms with Gasteiger partial charge >= 0.3 is 6.03 Å². The second-order valence-electron chi connectivity index (χ2n) is 7.65. The summed E-state index contributed by atoms with van der Waals surface area (Å²) < 4.78 is 14.8. The molecule has 1 N–H and O–H groups in total. The van der Waals surface area contributed by atoms with Crippen LogP contribution in [0.5, 0.6) is 0 Å². The van der Waals surface area contributed by atoms with Gasteiger partial charge < -0.3 is 4.90 Å². The molecule has 2 aromatic rings. The highest BCUT2D eigenvalue weighted by Crippen LogP contribution is 2.29. The quantitative estimate of drug-likeness (QED) is 0.622. The van der Waals surface area contributed by atoms with Crippen molar-refractivity contribution in [3.8, 4) is 0 Å². The topological polar surface area (TPSA) is 69.7 Å². The lowest BCUT2D eigenvalue weighted by Crippen LogP contribution is -2.54. The van der Waals surface area contributed by atoms with Crippen molar-refractivity contribution in [1.82, 2.24) is 5.32 Å². The Morgan fingerprint density at radius 1 is 1.00 bits per heavy atom. The van der Waals surface area contributed by atoms with E-state index in [1.807, 2.05) is 11.8 Å². The maximum Gasteiger partial charge on any atom is 0.335 e. The zero-order valence-corrected chi connectivity index (χ0v) is 16.9. The standard InChI is InChI=1S/C23H22FN3O3/c1-14-5-7-17(8-6-14)27-22(29)18(21(28)25-23(27)30)12-16-13-19(24)20(11-15(16)2)26-9-3-4-10-26/h5-8,11-13H,3-4,9-10H2,1-2H3,(H,25,28,30). The highest BCUT2D eigenvalue weighted by molar-refractivity contribution is 6.39. The van der Waals surface area contributed by atoms with Crippen LogP contribution in [0, 0.1) is 19.7 Å². The van der Waals surface area contributed by atoms with Crippen molar-refractivity contribution in [3.63, 3.8) is 0 Å². The largest absolute Gasteiger partial charge is 0.369 e. The van der Waals surface area contributed by atoms with Gasteiger partial charge in [-0.25, -0.2) is 14.1 Å². The lowest BCUT2D eigenvalue weighted by molar-refractivity contribution is -0.122. The van der Waals surface area contributed by atoms with Gasteiger partial charge in [0.05, 0.1) is 11.4 Å². The smallest absolute Gasteiger partial charge is 0.335 e. The number of hydrogen-bond donors (Lipinski definition) is 1. The molecular weight excluding hydrogens is 385 g/mol. The molecule has 2 heterocycles. The van der Waals surface area contributed by atoms with E-state index in [1.165, 1.54) is 12.1 Å². The number of carbonyl (C=O) groups excluding carboxylic acids is 3. The summed E-state index contributed by atoms with van der Waals surface area (Å²) in [5.41, 5.74) is 2.81. The van der Waals surface area contributed by atoms with Gasteiger partial charge in [0.2, 0.25) is 0 Å². The minimum atomic E-state index is -0.807. The first kappa shape index (κ1) is 19.8. The third-order valence-corrected chi connectivity index (χ3v) is 5.48. The Morgan fingerprint density at radius 2 is 1.67 bits per heavy atom. The van der Waals surface area contributed by atoms with Crippen LogP contribution in [-0.4, -0.2) is 30.9 Å². The van der Waals surface area contributed by atoms with Crippen LogP contribution in [0.4, 0.5) is 20.6 Å². The number of hydrogen-bond acceptors (Lipinski definition) is 4. The van der Waals surface area contributed by atoms with E-state index in [9.17, 15) is 18.8 Å². The monoisotopic (exact) mass is 407 g/mol. The molecule has 0 radical (unpaired) electrons. The first-order valence-corrected chi connectivity index (χ1v) is 9.88. The molecule has 2 saturated heterocycles. The van der Waals surface area contributed by atoms with Crippen LogP contribution in [0.2, 0.25) is 0 Å². The maximum absolute atomic E-state index is 14.8. The summed E-state index contributed by atoms with van der Waals surface area (Å²) in [6.45, 7) is 5.32. The Labute approximate surface area is 174 Å². The van der Waals surface area contributed by atoms with Crippen LogP contribution in [0.1, 0.15) is 29.5 Å². The number of anilines is 2. The van der Waals surface area contributed by atoms with E-state index in [4.69, 9.17) is 0 Å². The van der Waals surface area contributed by atoms with Crippen LogP contribution in [0.15, 0.2) is 42.0 Å². The molecule has 0 unspecified atom stereocenters. The Kier molecular flexibility index (Phi) is 5.11. The van der Waals surface area contributed by atoms with Crippen LogP contribution in [-0.2, 0) is 9.59 Å². The van der Waals surface area contributed by atoms with Crippen molar-refractivity contribution in [2.24, 2.45) is 0 Å². The highest BCUT2D eigenvalue weighted by Gasteiger charge is 2.37.